The van der Waals surface area contributed by atoms with Crippen molar-refractivity contribution in [3.05, 3.63) is 34.6 Å². The summed E-state index contributed by atoms with van der Waals surface area (Å²) in [7, 11) is 0. The molecular weight excluding hydrogens is 189 g/mol. The van der Waals surface area contributed by atoms with Crippen molar-refractivity contribution in [1.29, 1.82) is 0 Å². The molecule has 0 aromatic heterocycles. The van der Waals surface area contributed by atoms with E-state index in [-0.39, 0.29) is 11.4 Å². The van der Waals surface area contributed by atoms with Crippen LogP contribution >= 0.6 is 11.6 Å². The van der Waals surface area contributed by atoms with Gasteiger partial charge in [0.2, 0.25) is 0 Å². The van der Waals surface area contributed by atoms with Gasteiger partial charge in [-0.1, -0.05) is 11.6 Å². The Hall–Kier alpha value is -0.600. The Kier molecular flexibility index (Phi) is 2.05. The van der Waals surface area contributed by atoms with Crippen molar-refractivity contribution in [2.45, 2.75) is 24.8 Å². The third kappa shape index (κ3) is 1.45. The SMILES string of the molecule is NC1(c2cc(F)ccc2Cl)CCC1. The highest BCUT2D eigenvalue weighted by molar-refractivity contribution is 6.31. The first-order valence-electron chi connectivity index (χ1n) is 4.36. The molecule has 1 saturated carbocycles. The van der Waals surface area contributed by atoms with E-state index in [1.807, 2.05) is 0 Å². The van der Waals surface area contributed by atoms with Crippen LogP contribution in [-0.2, 0) is 5.54 Å². The number of hydrogen-bond donors (Lipinski definition) is 1. The molecule has 0 unspecified atom stereocenters. The molecule has 0 bridgehead atoms. The van der Waals surface area contributed by atoms with Gasteiger partial charge >= 0.3 is 0 Å². The zero-order valence-electron chi connectivity index (χ0n) is 7.19. The summed E-state index contributed by atoms with van der Waals surface area (Å²) in [5.74, 6) is -0.267. The van der Waals surface area contributed by atoms with E-state index >= 15 is 0 Å². The Bertz CT molecular complexity index is 334. The molecule has 0 atom stereocenters. The molecule has 1 fully saturated rings. The second-order valence-corrected chi connectivity index (χ2v) is 4.04. The molecule has 0 saturated heterocycles. The molecule has 2 N–H and O–H groups in total. The van der Waals surface area contributed by atoms with Crippen molar-refractivity contribution in [3.8, 4) is 0 Å². The summed E-state index contributed by atoms with van der Waals surface area (Å²) in [5, 5.41) is 0.573. The summed E-state index contributed by atoms with van der Waals surface area (Å²) in [6, 6.07) is 4.37. The van der Waals surface area contributed by atoms with E-state index in [4.69, 9.17) is 17.3 Å². The molecular formula is C10H11ClFN. The molecule has 70 valence electrons. The van der Waals surface area contributed by atoms with Gasteiger partial charge in [0.1, 0.15) is 5.82 Å². The van der Waals surface area contributed by atoms with Gasteiger partial charge in [-0.05, 0) is 43.0 Å². The van der Waals surface area contributed by atoms with Gasteiger partial charge in [-0.3, -0.25) is 0 Å². The molecule has 0 aliphatic heterocycles. The van der Waals surface area contributed by atoms with Crippen LogP contribution in [0.5, 0.6) is 0 Å². The second-order valence-electron chi connectivity index (χ2n) is 3.63. The van der Waals surface area contributed by atoms with Crippen LogP contribution in [0.15, 0.2) is 18.2 Å². The first-order valence-corrected chi connectivity index (χ1v) is 4.74. The molecule has 3 heteroatoms. The number of halogens is 2. The van der Waals surface area contributed by atoms with E-state index in [1.165, 1.54) is 12.1 Å². The van der Waals surface area contributed by atoms with Crippen molar-refractivity contribution in [2.75, 3.05) is 0 Å². The molecule has 1 aromatic carbocycles. The lowest BCUT2D eigenvalue weighted by Crippen LogP contribution is -2.43. The Morgan fingerprint density at radius 2 is 2.08 bits per heavy atom. The highest BCUT2D eigenvalue weighted by Crippen LogP contribution is 2.41. The van der Waals surface area contributed by atoms with Gasteiger partial charge in [0, 0.05) is 10.6 Å². The van der Waals surface area contributed by atoms with Crippen molar-refractivity contribution < 1.29 is 4.39 Å². The highest BCUT2D eigenvalue weighted by atomic mass is 35.5. The lowest BCUT2D eigenvalue weighted by Gasteiger charge is -2.39. The fraction of sp³-hybridized carbons (Fsp3) is 0.400. The van der Waals surface area contributed by atoms with Crippen LogP contribution in [0.2, 0.25) is 5.02 Å². The molecule has 1 nitrogen and oxygen atoms in total. The molecule has 1 aliphatic rings. The van der Waals surface area contributed by atoms with Crippen molar-refractivity contribution >= 4 is 11.6 Å². The average Bonchev–Trinajstić information content (AvgIpc) is 2.05. The summed E-state index contributed by atoms with van der Waals surface area (Å²) in [4.78, 5) is 0. The largest absolute Gasteiger partial charge is 0.321 e. The normalized spacial score (nSPS) is 19.6. The monoisotopic (exact) mass is 199 g/mol. The first-order chi connectivity index (χ1) is 6.12. The van der Waals surface area contributed by atoms with Gasteiger partial charge in [-0.15, -0.1) is 0 Å². The third-order valence-electron chi connectivity index (χ3n) is 2.71. The molecule has 1 aromatic rings. The number of rotatable bonds is 1. The van der Waals surface area contributed by atoms with Crippen LogP contribution in [0, 0.1) is 5.82 Å². The van der Waals surface area contributed by atoms with Crippen molar-refractivity contribution in [1.82, 2.24) is 0 Å². The molecule has 0 heterocycles. The van der Waals surface area contributed by atoms with E-state index in [0.717, 1.165) is 24.8 Å². The Labute approximate surface area is 81.7 Å². The quantitative estimate of drug-likeness (QED) is 0.740. The van der Waals surface area contributed by atoms with Gasteiger partial charge in [0.15, 0.2) is 0 Å². The first kappa shape index (κ1) is 8.97. The summed E-state index contributed by atoms with van der Waals surface area (Å²) in [6.07, 6.45) is 2.90. The maximum atomic E-state index is 12.9. The van der Waals surface area contributed by atoms with Gasteiger partial charge in [0.05, 0.1) is 0 Å². The predicted molar refractivity (Wildman–Crippen MR) is 51.1 cm³/mol. The van der Waals surface area contributed by atoms with E-state index in [9.17, 15) is 4.39 Å². The van der Waals surface area contributed by atoms with Crippen LogP contribution in [0.4, 0.5) is 4.39 Å². The minimum Gasteiger partial charge on any atom is -0.321 e. The molecule has 0 radical (unpaired) electrons. The van der Waals surface area contributed by atoms with Crippen molar-refractivity contribution in [2.24, 2.45) is 5.73 Å². The standard InChI is InChI=1S/C10H11ClFN/c11-9-3-2-7(12)6-8(9)10(13)4-1-5-10/h2-3,6H,1,4-5,13H2. The minimum atomic E-state index is -0.376. The third-order valence-corrected chi connectivity index (χ3v) is 3.04. The van der Waals surface area contributed by atoms with Crippen molar-refractivity contribution in [3.63, 3.8) is 0 Å². The van der Waals surface area contributed by atoms with Crippen LogP contribution in [0.1, 0.15) is 24.8 Å². The van der Waals surface area contributed by atoms with E-state index < -0.39 is 0 Å². The van der Waals surface area contributed by atoms with Crippen LogP contribution in [0.25, 0.3) is 0 Å². The van der Waals surface area contributed by atoms with E-state index in [2.05, 4.69) is 0 Å². The zero-order chi connectivity index (χ0) is 9.47. The van der Waals surface area contributed by atoms with Gasteiger partial charge in [0.25, 0.3) is 0 Å². The molecule has 13 heavy (non-hydrogen) atoms. The van der Waals surface area contributed by atoms with Gasteiger partial charge < -0.3 is 5.73 Å². The lowest BCUT2D eigenvalue weighted by atomic mass is 9.73. The highest BCUT2D eigenvalue weighted by Gasteiger charge is 2.36. The van der Waals surface area contributed by atoms with E-state index in [0.29, 0.717) is 5.02 Å². The molecule has 0 amide bonds. The van der Waals surface area contributed by atoms with Gasteiger partial charge in [-0.2, -0.15) is 0 Å². The number of benzene rings is 1. The fourth-order valence-electron chi connectivity index (χ4n) is 1.71. The Balaban J connectivity index is 2.43. The second kappa shape index (κ2) is 2.96. The maximum Gasteiger partial charge on any atom is 0.123 e. The molecule has 1 aliphatic carbocycles. The summed E-state index contributed by atoms with van der Waals surface area (Å²) >= 11 is 5.95. The maximum absolute atomic E-state index is 12.9. The Morgan fingerprint density at radius 3 is 2.62 bits per heavy atom. The topological polar surface area (TPSA) is 26.0 Å². The van der Waals surface area contributed by atoms with Gasteiger partial charge in [-0.25, -0.2) is 4.39 Å². The predicted octanol–water partition coefficient (Wildman–Crippen LogP) is 2.82. The van der Waals surface area contributed by atoms with Crippen LogP contribution in [0.3, 0.4) is 0 Å². The Morgan fingerprint density at radius 1 is 1.38 bits per heavy atom. The fourth-order valence-corrected chi connectivity index (χ4v) is 2.01. The zero-order valence-corrected chi connectivity index (χ0v) is 7.94. The minimum absolute atomic E-state index is 0.267. The lowest BCUT2D eigenvalue weighted by molar-refractivity contribution is 0.253. The molecule has 0 spiro atoms. The van der Waals surface area contributed by atoms with E-state index in [1.54, 1.807) is 6.07 Å². The van der Waals surface area contributed by atoms with Crippen LogP contribution < -0.4 is 5.73 Å². The smallest absolute Gasteiger partial charge is 0.123 e. The average molecular weight is 200 g/mol. The summed E-state index contributed by atoms with van der Waals surface area (Å²) in [6.45, 7) is 0. The molecule has 2 rings (SSSR count). The summed E-state index contributed by atoms with van der Waals surface area (Å²) in [5.41, 5.74) is 6.42. The summed E-state index contributed by atoms with van der Waals surface area (Å²) < 4.78 is 12.9. The number of nitrogens with two attached hydrogens (primary N) is 1. The number of hydrogen-bond acceptors (Lipinski definition) is 1. The van der Waals surface area contributed by atoms with Crippen LogP contribution in [-0.4, -0.2) is 0 Å².